The predicted octanol–water partition coefficient (Wildman–Crippen LogP) is 3.53. The second kappa shape index (κ2) is 11.8. The van der Waals surface area contributed by atoms with Gasteiger partial charge in [-0.1, -0.05) is 39.5 Å². The van der Waals surface area contributed by atoms with E-state index in [-0.39, 0.29) is 0 Å². The van der Waals surface area contributed by atoms with Crippen molar-refractivity contribution in [2.75, 3.05) is 39.9 Å². The lowest BCUT2D eigenvalue weighted by atomic mass is 10.0. The molecule has 0 aromatic rings. The Morgan fingerprint density at radius 2 is 2.05 bits per heavy atom. The van der Waals surface area contributed by atoms with Gasteiger partial charge in [-0.05, 0) is 25.7 Å². The van der Waals surface area contributed by atoms with Gasteiger partial charge in [0.15, 0.2) is 5.96 Å². The van der Waals surface area contributed by atoms with E-state index in [1.54, 1.807) is 0 Å². The summed E-state index contributed by atoms with van der Waals surface area (Å²) in [6, 6.07) is 0. The molecule has 1 atom stereocenters. The highest BCUT2D eigenvalue weighted by Gasteiger charge is 2.18. The Bertz CT molecular complexity index is 299. The van der Waals surface area contributed by atoms with Crippen LogP contribution in [0.25, 0.3) is 0 Å². The molecule has 4 heteroatoms. The van der Waals surface area contributed by atoms with Crippen molar-refractivity contribution in [2.24, 2.45) is 16.8 Å². The molecule has 0 aromatic carbocycles. The van der Waals surface area contributed by atoms with Gasteiger partial charge in [0.05, 0.1) is 6.61 Å². The van der Waals surface area contributed by atoms with Crippen LogP contribution in [0.1, 0.15) is 59.3 Å². The van der Waals surface area contributed by atoms with Gasteiger partial charge in [0.1, 0.15) is 0 Å². The van der Waals surface area contributed by atoms with E-state index in [0.29, 0.717) is 5.92 Å². The number of hydrogen-bond acceptors (Lipinski definition) is 2. The van der Waals surface area contributed by atoms with E-state index >= 15 is 0 Å². The summed E-state index contributed by atoms with van der Waals surface area (Å²) in [5, 5.41) is 3.41. The van der Waals surface area contributed by atoms with E-state index in [1.165, 1.54) is 38.5 Å². The fraction of sp³-hybridized carbons (Fsp3) is 0.944. The standard InChI is InChI=1S/C18H37N3O/c1-5-19-18(21(4)14-17-11-13-22-15-17)20-12-9-7-6-8-10-16(2)3/h16-17H,5-15H2,1-4H3,(H,19,20). The van der Waals surface area contributed by atoms with Crippen LogP contribution < -0.4 is 5.32 Å². The molecule has 22 heavy (non-hydrogen) atoms. The maximum absolute atomic E-state index is 5.46. The Morgan fingerprint density at radius 1 is 1.27 bits per heavy atom. The molecule has 0 saturated carbocycles. The molecule has 1 fully saturated rings. The molecule has 1 heterocycles. The molecule has 0 aliphatic carbocycles. The molecule has 0 aromatic heterocycles. The minimum Gasteiger partial charge on any atom is -0.381 e. The zero-order valence-corrected chi connectivity index (χ0v) is 15.2. The average Bonchev–Trinajstić information content (AvgIpc) is 2.97. The van der Waals surface area contributed by atoms with Crippen molar-refractivity contribution in [2.45, 2.75) is 59.3 Å². The zero-order chi connectivity index (χ0) is 16.2. The molecule has 0 spiro atoms. The second-order valence-corrected chi connectivity index (χ2v) is 6.94. The number of guanidine groups is 1. The molecule has 1 aliphatic heterocycles. The van der Waals surface area contributed by atoms with Crippen LogP contribution in [0.4, 0.5) is 0 Å². The van der Waals surface area contributed by atoms with Gasteiger partial charge in [0, 0.05) is 39.2 Å². The Labute approximate surface area is 137 Å². The Balaban J connectivity index is 2.22. The van der Waals surface area contributed by atoms with Crippen LogP contribution in [-0.4, -0.2) is 50.8 Å². The Hall–Kier alpha value is -0.770. The zero-order valence-electron chi connectivity index (χ0n) is 15.2. The molecule has 1 saturated heterocycles. The first kappa shape index (κ1) is 19.3. The van der Waals surface area contributed by atoms with Crippen molar-refractivity contribution in [1.29, 1.82) is 0 Å². The number of hydrogen-bond donors (Lipinski definition) is 1. The molecule has 1 rings (SSSR count). The lowest BCUT2D eigenvalue weighted by Gasteiger charge is -2.24. The van der Waals surface area contributed by atoms with Gasteiger partial charge < -0.3 is 15.0 Å². The van der Waals surface area contributed by atoms with Crippen LogP contribution in [0, 0.1) is 11.8 Å². The van der Waals surface area contributed by atoms with E-state index in [2.05, 4.69) is 38.0 Å². The van der Waals surface area contributed by atoms with E-state index in [4.69, 9.17) is 9.73 Å². The Morgan fingerprint density at radius 3 is 2.68 bits per heavy atom. The summed E-state index contributed by atoms with van der Waals surface area (Å²) in [4.78, 5) is 7.04. The largest absolute Gasteiger partial charge is 0.381 e. The fourth-order valence-electron chi connectivity index (χ4n) is 2.87. The molecule has 0 bridgehead atoms. The summed E-state index contributed by atoms with van der Waals surface area (Å²) in [7, 11) is 2.14. The van der Waals surface area contributed by atoms with Crippen LogP contribution in [0.5, 0.6) is 0 Å². The topological polar surface area (TPSA) is 36.9 Å². The number of nitrogens with zero attached hydrogens (tertiary/aromatic N) is 2. The maximum Gasteiger partial charge on any atom is 0.193 e. The maximum atomic E-state index is 5.46. The van der Waals surface area contributed by atoms with E-state index in [0.717, 1.165) is 44.7 Å². The first-order valence-electron chi connectivity index (χ1n) is 9.20. The smallest absolute Gasteiger partial charge is 0.193 e. The summed E-state index contributed by atoms with van der Waals surface area (Å²) in [5.41, 5.74) is 0. The van der Waals surface area contributed by atoms with Crippen molar-refractivity contribution in [3.8, 4) is 0 Å². The number of aliphatic imine (C=N–C) groups is 1. The van der Waals surface area contributed by atoms with Gasteiger partial charge in [-0.2, -0.15) is 0 Å². The molecular weight excluding hydrogens is 274 g/mol. The van der Waals surface area contributed by atoms with Gasteiger partial charge >= 0.3 is 0 Å². The highest BCUT2D eigenvalue weighted by Crippen LogP contribution is 2.13. The Kier molecular flexibility index (Phi) is 10.3. The minimum absolute atomic E-state index is 0.657. The van der Waals surface area contributed by atoms with E-state index < -0.39 is 0 Å². The third-order valence-corrected chi connectivity index (χ3v) is 4.20. The molecular formula is C18H37N3O. The summed E-state index contributed by atoms with van der Waals surface area (Å²) < 4.78 is 5.46. The first-order chi connectivity index (χ1) is 10.6. The first-order valence-corrected chi connectivity index (χ1v) is 9.20. The number of unbranched alkanes of at least 4 members (excludes halogenated alkanes) is 3. The minimum atomic E-state index is 0.657. The monoisotopic (exact) mass is 311 g/mol. The quantitative estimate of drug-likeness (QED) is 0.381. The number of rotatable bonds is 10. The van der Waals surface area contributed by atoms with E-state index in [1.807, 2.05) is 0 Å². The van der Waals surface area contributed by atoms with Crippen LogP contribution >= 0.6 is 0 Å². The fourth-order valence-corrected chi connectivity index (χ4v) is 2.87. The molecule has 0 radical (unpaired) electrons. The van der Waals surface area contributed by atoms with E-state index in [9.17, 15) is 0 Å². The molecule has 1 N–H and O–H groups in total. The molecule has 1 aliphatic rings. The van der Waals surface area contributed by atoms with Crippen molar-refractivity contribution in [3.05, 3.63) is 0 Å². The van der Waals surface area contributed by atoms with Crippen molar-refractivity contribution in [3.63, 3.8) is 0 Å². The molecule has 1 unspecified atom stereocenters. The third-order valence-electron chi connectivity index (χ3n) is 4.20. The molecule has 130 valence electrons. The van der Waals surface area contributed by atoms with Crippen LogP contribution in [-0.2, 0) is 4.74 Å². The highest BCUT2D eigenvalue weighted by atomic mass is 16.5. The highest BCUT2D eigenvalue weighted by molar-refractivity contribution is 5.79. The summed E-state index contributed by atoms with van der Waals surface area (Å²) in [5.74, 6) is 2.55. The summed E-state index contributed by atoms with van der Waals surface area (Å²) in [6.45, 7) is 11.5. The predicted molar refractivity (Wildman–Crippen MR) is 95.5 cm³/mol. The van der Waals surface area contributed by atoms with Crippen molar-refractivity contribution < 1.29 is 4.74 Å². The molecule has 4 nitrogen and oxygen atoms in total. The summed E-state index contributed by atoms with van der Waals surface area (Å²) >= 11 is 0. The lowest BCUT2D eigenvalue weighted by Crippen LogP contribution is -2.41. The average molecular weight is 312 g/mol. The summed E-state index contributed by atoms with van der Waals surface area (Å²) in [6.07, 6.45) is 7.75. The van der Waals surface area contributed by atoms with Crippen LogP contribution in [0.15, 0.2) is 4.99 Å². The second-order valence-electron chi connectivity index (χ2n) is 6.94. The van der Waals surface area contributed by atoms with Gasteiger partial charge in [0.2, 0.25) is 0 Å². The van der Waals surface area contributed by atoms with Crippen LogP contribution in [0.3, 0.4) is 0 Å². The van der Waals surface area contributed by atoms with Gasteiger partial charge in [-0.3, -0.25) is 4.99 Å². The lowest BCUT2D eigenvalue weighted by molar-refractivity contribution is 0.181. The number of ether oxygens (including phenoxy) is 1. The van der Waals surface area contributed by atoms with Gasteiger partial charge in [-0.15, -0.1) is 0 Å². The van der Waals surface area contributed by atoms with Crippen LogP contribution in [0.2, 0.25) is 0 Å². The third kappa shape index (κ3) is 8.62. The van der Waals surface area contributed by atoms with Crippen molar-refractivity contribution in [1.82, 2.24) is 10.2 Å². The van der Waals surface area contributed by atoms with Gasteiger partial charge in [0.25, 0.3) is 0 Å². The van der Waals surface area contributed by atoms with Crippen molar-refractivity contribution >= 4 is 5.96 Å². The number of nitrogens with one attached hydrogen (secondary N) is 1. The SMILES string of the molecule is CCNC(=NCCCCCCC(C)C)N(C)CC1CCOC1. The molecule has 0 amide bonds. The van der Waals surface area contributed by atoms with Gasteiger partial charge in [-0.25, -0.2) is 0 Å². The normalized spacial score (nSPS) is 19.0.